The van der Waals surface area contributed by atoms with Crippen LogP contribution in [-0.2, 0) is 13.6 Å². The third kappa shape index (κ3) is 2.49. The fourth-order valence-electron chi connectivity index (χ4n) is 2.38. The number of nitrogens with zero attached hydrogens (tertiary/aromatic N) is 2. The molecule has 2 aromatic rings. The van der Waals surface area contributed by atoms with Crippen molar-refractivity contribution < 1.29 is 4.74 Å². The van der Waals surface area contributed by atoms with Crippen LogP contribution in [-0.4, -0.2) is 23.9 Å². The molecule has 19 heavy (non-hydrogen) atoms. The number of aromatic nitrogens is 2. The van der Waals surface area contributed by atoms with Gasteiger partial charge in [0.2, 0.25) is 0 Å². The number of nitrogens with one attached hydrogen (secondary N) is 1. The third-order valence-corrected chi connectivity index (χ3v) is 3.44. The minimum Gasteiger partial charge on any atom is -0.496 e. The Morgan fingerprint density at radius 3 is 2.63 bits per heavy atom. The molecule has 0 unspecified atom stereocenters. The summed E-state index contributed by atoms with van der Waals surface area (Å²) in [7, 11) is 5.63. The average Bonchev–Trinajstić information content (AvgIpc) is 2.67. The van der Waals surface area contributed by atoms with Crippen molar-refractivity contribution in [2.75, 3.05) is 14.2 Å². The number of benzene rings is 1. The summed E-state index contributed by atoms with van der Waals surface area (Å²) in [6.45, 7) is 4.99. The molecule has 0 amide bonds. The molecule has 1 N–H and O–H groups in total. The van der Waals surface area contributed by atoms with Gasteiger partial charge in [0.05, 0.1) is 18.5 Å². The van der Waals surface area contributed by atoms with Crippen molar-refractivity contribution in [3.8, 4) is 17.0 Å². The molecule has 0 spiro atoms. The molecular formula is C15H21N3O. The molecule has 1 heterocycles. The van der Waals surface area contributed by atoms with Gasteiger partial charge >= 0.3 is 0 Å². The highest BCUT2D eigenvalue weighted by molar-refractivity contribution is 5.66. The Hall–Kier alpha value is -1.81. The summed E-state index contributed by atoms with van der Waals surface area (Å²) in [5, 5.41) is 7.81. The maximum Gasteiger partial charge on any atom is 0.121 e. The van der Waals surface area contributed by atoms with Gasteiger partial charge in [-0.3, -0.25) is 4.68 Å². The van der Waals surface area contributed by atoms with Gasteiger partial charge < -0.3 is 10.1 Å². The lowest BCUT2D eigenvalue weighted by Crippen LogP contribution is -2.10. The van der Waals surface area contributed by atoms with E-state index in [-0.39, 0.29) is 0 Å². The lowest BCUT2D eigenvalue weighted by atomic mass is 10.0. The van der Waals surface area contributed by atoms with E-state index in [1.165, 1.54) is 11.3 Å². The molecule has 0 aliphatic carbocycles. The Morgan fingerprint density at radius 2 is 2.05 bits per heavy atom. The van der Waals surface area contributed by atoms with E-state index < -0.39 is 0 Å². The molecule has 0 radical (unpaired) electrons. The molecule has 4 nitrogen and oxygen atoms in total. The van der Waals surface area contributed by atoms with Gasteiger partial charge in [-0.2, -0.15) is 5.10 Å². The second-order valence-corrected chi connectivity index (χ2v) is 4.76. The number of hydrogen-bond acceptors (Lipinski definition) is 3. The van der Waals surface area contributed by atoms with E-state index in [9.17, 15) is 0 Å². The fourth-order valence-corrected chi connectivity index (χ4v) is 2.38. The monoisotopic (exact) mass is 259 g/mol. The summed E-state index contributed by atoms with van der Waals surface area (Å²) in [4.78, 5) is 0. The molecule has 0 aliphatic rings. The second-order valence-electron chi connectivity index (χ2n) is 4.76. The zero-order valence-electron chi connectivity index (χ0n) is 12.2. The quantitative estimate of drug-likeness (QED) is 0.916. The van der Waals surface area contributed by atoms with Crippen LogP contribution in [0.15, 0.2) is 18.2 Å². The van der Waals surface area contributed by atoms with Crippen molar-refractivity contribution >= 4 is 0 Å². The van der Waals surface area contributed by atoms with Crippen LogP contribution in [0.2, 0.25) is 0 Å². The molecule has 0 fully saturated rings. The van der Waals surface area contributed by atoms with E-state index in [4.69, 9.17) is 4.74 Å². The highest BCUT2D eigenvalue weighted by Crippen LogP contribution is 2.28. The third-order valence-electron chi connectivity index (χ3n) is 3.44. The highest BCUT2D eigenvalue weighted by atomic mass is 16.5. The normalized spacial score (nSPS) is 10.8. The van der Waals surface area contributed by atoms with Gasteiger partial charge in [-0.25, -0.2) is 0 Å². The van der Waals surface area contributed by atoms with E-state index in [0.717, 1.165) is 29.1 Å². The zero-order chi connectivity index (χ0) is 14.0. The van der Waals surface area contributed by atoms with Crippen molar-refractivity contribution in [2.45, 2.75) is 20.4 Å². The van der Waals surface area contributed by atoms with Crippen LogP contribution in [0.25, 0.3) is 11.3 Å². The molecule has 0 saturated carbocycles. The standard InChI is InChI=1S/C15H21N3O/c1-10-8-12(6-7-14(10)19-5)15-11(2)13(9-16-3)18(4)17-15/h6-8,16H,9H2,1-5H3. The molecule has 2 rings (SSSR count). The van der Waals surface area contributed by atoms with Gasteiger partial charge in [0.25, 0.3) is 0 Å². The van der Waals surface area contributed by atoms with Crippen molar-refractivity contribution in [2.24, 2.45) is 7.05 Å². The fraction of sp³-hybridized carbons (Fsp3) is 0.400. The first-order valence-electron chi connectivity index (χ1n) is 6.40. The molecule has 1 aromatic carbocycles. The summed E-state index contributed by atoms with van der Waals surface area (Å²) >= 11 is 0. The van der Waals surface area contributed by atoms with Gasteiger partial charge in [-0.15, -0.1) is 0 Å². The second kappa shape index (κ2) is 5.45. The maximum atomic E-state index is 5.30. The molecule has 0 bridgehead atoms. The van der Waals surface area contributed by atoms with Crippen LogP contribution in [0, 0.1) is 13.8 Å². The van der Waals surface area contributed by atoms with Crippen molar-refractivity contribution in [3.05, 3.63) is 35.0 Å². The van der Waals surface area contributed by atoms with Crippen LogP contribution >= 0.6 is 0 Å². The number of rotatable bonds is 4. The Kier molecular flexibility index (Phi) is 3.90. The van der Waals surface area contributed by atoms with Crippen molar-refractivity contribution in [1.29, 1.82) is 0 Å². The molecular weight excluding hydrogens is 238 g/mol. The van der Waals surface area contributed by atoms with Gasteiger partial charge in [-0.1, -0.05) is 0 Å². The van der Waals surface area contributed by atoms with Crippen LogP contribution < -0.4 is 10.1 Å². The Bertz CT molecular complexity index is 587. The summed E-state index contributed by atoms with van der Waals surface area (Å²) in [5.41, 5.74) is 5.74. The minimum absolute atomic E-state index is 0.824. The molecule has 0 atom stereocenters. The predicted octanol–water partition coefficient (Wildman–Crippen LogP) is 2.43. The van der Waals surface area contributed by atoms with Crippen LogP contribution in [0.3, 0.4) is 0 Å². The Labute approximate surface area is 114 Å². The van der Waals surface area contributed by atoms with E-state index in [1.54, 1.807) is 7.11 Å². The molecule has 1 aromatic heterocycles. The van der Waals surface area contributed by atoms with Crippen LogP contribution in [0.4, 0.5) is 0 Å². The lowest BCUT2D eigenvalue weighted by molar-refractivity contribution is 0.412. The summed E-state index contributed by atoms with van der Waals surface area (Å²) < 4.78 is 7.24. The van der Waals surface area contributed by atoms with Gasteiger partial charge in [0.15, 0.2) is 0 Å². The average molecular weight is 259 g/mol. The van der Waals surface area contributed by atoms with Crippen LogP contribution in [0.5, 0.6) is 5.75 Å². The number of methoxy groups -OCH3 is 1. The summed E-state index contributed by atoms with van der Waals surface area (Å²) in [5.74, 6) is 0.910. The lowest BCUT2D eigenvalue weighted by Gasteiger charge is -2.06. The zero-order valence-corrected chi connectivity index (χ0v) is 12.2. The molecule has 0 aliphatic heterocycles. The first-order valence-corrected chi connectivity index (χ1v) is 6.40. The van der Waals surface area contributed by atoms with Crippen molar-refractivity contribution in [1.82, 2.24) is 15.1 Å². The van der Waals surface area contributed by atoms with E-state index in [2.05, 4.69) is 36.4 Å². The van der Waals surface area contributed by atoms with Crippen molar-refractivity contribution in [3.63, 3.8) is 0 Å². The van der Waals surface area contributed by atoms with Crippen LogP contribution in [0.1, 0.15) is 16.8 Å². The molecule has 4 heteroatoms. The first kappa shape index (κ1) is 13.6. The number of aryl methyl sites for hydroxylation is 2. The topological polar surface area (TPSA) is 39.1 Å². The summed E-state index contributed by atoms with van der Waals surface area (Å²) in [6.07, 6.45) is 0. The minimum atomic E-state index is 0.824. The smallest absolute Gasteiger partial charge is 0.121 e. The van der Waals surface area contributed by atoms with Gasteiger partial charge in [-0.05, 0) is 50.2 Å². The predicted molar refractivity (Wildman–Crippen MR) is 77.4 cm³/mol. The van der Waals surface area contributed by atoms with E-state index in [1.807, 2.05) is 24.8 Å². The highest BCUT2D eigenvalue weighted by Gasteiger charge is 2.14. The Morgan fingerprint density at radius 1 is 1.32 bits per heavy atom. The number of hydrogen-bond donors (Lipinski definition) is 1. The Balaban J connectivity index is 2.47. The maximum absolute atomic E-state index is 5.30. The summed E-state index contributed by atoms with van der Waals surface area (Å²) in [6, 6.07) is 6.18. The van der Waals surface area contributed by atoms with Gasteiger partial charge in [0, 0.05) is 19.2 Å². The molecule has 102 valence electrons. The molecule has 0 saturated heterocycles. The SMILES string of the molecule is CNCc1c(C)c(-c2ccc(OC)c(C)c2)nn1C. The van der Waals surface area contributed by atoms with E-state index in [0.29, 0.717) is 0 Å². The van der Waals surface area contributed by atoms with E-state index >= 15 is 0 Å². The van der Waals surface area contributed by atoms with Gasteiger partial charge in [0.1, 0.15) is 5.75 Å². The largest absolute Gasteiger partial charge is 0.496 e. The first-order chi connectivity index (χ1) is 9.08. The number of ether oxygens (including phenoxy) is 1.